The van der Waals surface area contributed by atoms with Crippen LogP contribution in [0.4, 0.5) is 11.6 Å². The molecule has 0 saturated heterocycles. The Morgan fingerprint density at radius 3 is 2.52 bits per heavy atom. The van der Waals surface area contributed by atoms with Crippen molar-refractivity contribution in [2.24, 2.45) is 0 Å². The quantitative estimate of drug-likeness (QED) is 0.854. The van der Waals surface area contributed by atoms with Crippen molar-refractivity contribution in [1.82, 2.24) is 9.97 Å². The number of aromatic nitrogens is 2. The van der Waals surface area contributed by atoms with Crippen molar-refractivity contribution in [3.63, 3.8) is 0 Å². The predicted octanol–water partition coefficient (Wildman–Crippen LogP) is 2.85. The lowest BCUT2D eigenvalue weighted by Gasteiger charge is -2.14. The van der Waals surface area contributed by atoms with Crippen LogP contribution in [0.15, 0.2) is 30.6 Å². The van der Waals surface area contributed by atoms with Crippen LogP contribution in [-0.4, -0.2) is 23.6 Å². The van der Waals surface area contributed by atoms with Crippen LogP contribution in [-0.2, 0) is 6.42 Å². The Morgan fingerprint density at radius 2 is 1.90 bits per heavy atom. The molecule has 0 saturated carbocycles. The fourth-order valence-corrected chi connectivity index (χ4v) is 2.24. The number of hydrogen-bond donors (Lipinski definition) is 2. The average Bonchev–Trinajstić information content (AvgIpc) is 2.47. The van der Waals surface area contributed by atoms with E-state index in [4.69, 9.17) is 10.5 Å². The summed E-state index contributed by atoms with van der Waals surface area (Å²) in [6.45, 7) is 4.97. The molecule has 0 fully saturated rings. The largest absolute Gasteiger partial charge is 0.497 e. The van der Waals surface area contributed by atoms with Gasteiger partial charge in [0.15, 0.2) is 0 Å². The first-order valence-electron chi connectivity index (χ1n) is 7.09. The Bertz CT molecular complexity index is 581. The first-order chi connectivity index (χ1) is 10.1. The van der Waals surface area contributed by atoms with E-state index in [0.29, 0.717) is 5.82 Å². The van der Waals surface area contributed by atoms with Crippen molar-refractivity contribution in [3.05, 3.63) is 41.7 Å². The van der Waals surface area contributed by atoms with E-state index in [1.807, 2.05) is 12.1 Å². The van der Waals surface area contributed by atoms with Gasteiger partial charge in [0.1, 0.15) is 23.7 Å². The molecule has 0 aliphatic carbocycles. The molecule has 0 unspecified atom stereocenters. The maximum atomic E-state index is 5.93. The topological polar surface area (TPSA) is 73.1 Å². The molecule has 0 bridgehead atoms. The number of nitrogen functional groups attached to an aromatic ring is 1. The minimum atomic E-state index is 0.287. The van der Waals surface area contributed by atoms with E-state index < -0.39 is 0 Å². The van der Waals surface area contributed by atoms with Gasteiger partial charge in [-0.1, -0.05) is 26.0 Å². The van der Waals surface area contributed by atoms with Gasteiger partial charge in [-0.3, -0.25) is 0 Å². The highest BCUT2D eigenvalue weighted by Crippen LogP contribution is 2.26. The Kier molecular flexibility index (Phi) is 4.98. The van der Waals surface area contributed by atoms with Crippen molar-refractivity contribution in [2.75, 3.05) is 24.7 Å². The highest BCUT2D eigenvalue weighted by atomic mass is 16.5. The minimum Gasteiger partial charge on any atom is -0.497 e. The van der Waals surface area contributed by atoms with Gasteiger partial charge in [-0.15, -0.1) is 0 Å². The van der Waals surface area contributed by atoms with Gasteiger partial charge in [-0.05, 0) is 30.0 Å². The lowest BCUT2D eigenvalue weighted by atomic mass is 10.0. The lowest BCUT2D eigenvalue weighted by Crippen LogP contribution is -2.12. The highest BCUT2D eigenvalue weighted by Gasteiger charge is 2.12. The van der Waals surface area contributed by atoms with Crippen LogP contribution in [0.1, 0.15) is 30.9 Å². The normalized spacial score (nSPS) is 10.7. The van der Waals surface area contributed by atoms with Gasteiger partial charge in [-0.2, -0.15) is 0 Å². The summed E-state index contributed by atoms with van der Waals surface area (Å²) < 4.78 is 5.15. The summed E-state index contributed by atoms with van der Waals surface area (Å²) >= 11 is 0. The zero-order chi connectivity index (χ0) is 15.2. The fourth-order valence-electron chi connectivity index (χ4n) is 2.24. The van der Waals surface area contributed by atoms with E-state index in [1.165, 1.54) is 11.9 Å². The molecule has 5 heteroatoms. The molecule has 2 rings (SSSR count). The average molecular weight is 286 g/mol. The Morgan fingerprint density at radius 1 is 1.19 bits per heavy atom. The lowest BCUT2D eigenvalue weighted by molar-refractivity contribution is 0.414. The third-order valence-corrected chi connectivity index (χ3v) is 3.36. The Labute approximate surface area is 125 Å². The fraction of sp³-hybridized carbons (Fsp3) is 0.375. The summed E-state index contributed by atoms with van der Waals surface area (Å²) in [5, 5.41) is 3.35. The van der Waals surface area contributed by atoms with E-state index in [1.54, 1.807) is 7.11 Å². The second-order valence-electron chi connectivity index (χ2n) is 5.20. The number of nitrogens with one attached hydrogen (secondary N) is 1. The van der Waals surface area contributed by atoms with Gasteiger partial charge in [0.2, 0.25) is 0 Å². The third kappa shape index (κ3) is 3.84. The molecule has 0 spiro atoms. The van der Waals surface area contributed by atoms with E-state index >= 15 is 0 Å². The van der Waals surface area contributed by atoms with Gasteiger partial charge < -0.3 is 15.8 Å². The van der Waals surface area contributed by atoms with Gasteiger partial charge in [-0.25, -0.2) is 9.97 Å². The first-order valence-corrected chi connectivity index (χ1v) is 7.09. The van der Waals surface area contributed by atoms with Crippen LogP contribution in [0, 0.1) is 0 Å². The number of hydrogen-bond acceptors (Lipinski definition) is 5. The Balaban J connectivity index is 1.98. The highest BCUT2D eigenvalue weighted by molar-refractivity contribution is 5.56. The monoisotopic (exact) mass is 286 g/mol. The summed E-state index contributed by atoms with van der Waals surface area (Å²) in [5.74, 6) is 2.53. The number of ether oxygens (including phenoxy) is 1. The van der Waals surface area contributed by atoms with E-state index in [-0.39, 0.29) is 5.92 Å². The molecule has 2 aromatic rings. The molecule has 1 heterocycles. The van der Waals surface area contributed by atoms with Crippen molar-refractivity contribution in [2.45, 2.75) is 26.2 Å². The van der Waals surface area contributed by atoms with Crippen LogP contribution < -0.4 is 15.8 Å². The third-order valence-electron chi connectivity index (χ3n) is 3.36. The molecule has 0 aliphatic heterocycles. The molecule has 21 heavy (non-hydrogen) atoms. The zero-order valence-corrected chi connectivity index (χ0v) is 12.8. The minimum absolute atomic E-state index is 0.287. The number of rotatable bonds is 6. The molecule has 112 valence electrons. The van der Waals surface area contributed by atoms with Crippen LogP contribution in [0.5, 0.6) is 5.75 Å². The van der Waals surface area contributed by atoms with E-state index in [2.05, 4.69) is 41.3 Å². The Hall–Kier alpha value is -2.30. The second kappa shape index (κ2) is 6.92. The van der Waals surface area contributed by atoms with E-state index in [0.717, 1.165) is 30.1 Å². The number of anilines is 2. The zero-order valence-electron chi connectivity index (χ0n) is 12.8. The summed E-state index contributed by atoms with van der Waals surface area (Å²) in [5.41, 5.74) is 8.16. The van der Waals surface area contributed by atoms with Crippen molar-refractivity contribution in [1.29, 1.82) is 0 Å². The van der Waals surface area contributed by atoms with Gasteiger partial charge in [0.25, 0.3) is 0 Å². The number of nitrogens with zero attached hydrogens (tertiary/aromatic N) is 2. The molecule has 0 atom stereocenters. The van der Waals surface area contributed by atoms with Crippen LogP contribution >= 0.6 is 0 Å². The summed E-state index contributed by atoms with van der Waals surface area (Å²) in [6, 6.07) is 8.07. The van der Waals surface area contributed by atoms with Crippen molar-refractivity contribution in [3.8, 4) is 5.75 Å². The van der Waals surface area contributed by atoms with Crippen molar-refractivity contribution >= 4 is 11.6 Å². The predicted molar refractivity (Wildman–Crippen MR) is 85.7 cm³/mol. The van der Waals surface area contributed by atoms with Crippen LogP contribution in [0.2, 0.25) is 0 Å². The smallest absolute Gasteiger partial charge is 0.134 e. The molecule has 1 aromatic carbocycles. The van der Waals surface area contributed by atoms with Crippen LogP contribution in [0.3, 0.4) is 0 Å². The molecule has 3 N–H and O–H groups in total. The van der Waals surface area contributed by atoms with E-state index in [9.17, 15) is 0 Å². The molecule has 1 aromatic heterocycles. The number of nitrogens with two attached hydrogens (primary N) is 1. The van der Waals surface area contributed by atoms with Gasteiger partial charge in [0.05, 0.1) is 7.11 Å². The van der Waals surface area contributed by atoms with Gasteiger partial charge in [0, 0.05) is 12.1 Å². The molecule has 0 aliphatic rings. The summed E-state index contributed by atoms with van der Waals surface area (Å²) in [7, 11) is 1.67. The molecule has 0 radical (unpaired) electrons. The molecule has 5 nitrogen and oxygen atoms in total. The maximum absolute atomic E-state index is 5.93. The standard InChI is InChI=1S/C16H22N4O/c1-11(2)14-15(17)19-10-20-16(14)18-9-8-12-4-6-13(21-3)7-5-12/h4-7,10-11H,8-9H2,1-3H3,(H3,17,18,19,20). The SMILES string of the molecule is COc1ccc(CCNc2ncnc(N)c2C(C)C)cc1. The molecular formula is C16H22N4O. The summed E-state index contributed by atoms with van der Waals surface area (Å²) in [6.07, 6.45) is 2.41. The van der Waals surface area contributed by atoms with Crippen LogP contribution in [0.25, 0.3) is 0 Å². The molecular weight excluding hydrogens is 264 g/mol. The number of methoxy groups -OCH3 is 1. The first kappa shape index (κ1) is 15.1. The molecule has 0 amide bonds. The number of benzene rings is 1. The van der Waals surface area contributed by atoms with Crippen molar-refractivity contribution < 1.29 is 4.74 Å². The second-order valence-corrected chi connectivity index (χ2v) is 5.20. The van der Waals surface area contributed by atoms with Gasteiger partial charge >= 0.3 is 0 Å². The summed E-state index contributed by atoms with van der Waals surface area (Å²) in [4.78, 5) is 8.36. The maximum Gasteiger partial charge on any atom is 0.134 e.